The van der Waals surface area contributed by atoms with Gasteiger partial charge < -0.3 is 9.21 Å². The highest BCUT2D eigenvalue weighted by Crippen LogP contribution is 2.15. The molecule has 0 bridgehead atoms. The minimum atomic E-state index is -2.42. The van der Waals surface area contributed by atoms with E-state index in [0.29, 0.717) is 18.9 Å². The molecule has 0 rings (SSSR count). The summed E-state index contributed by atoms with van der Waals surface area (Å²) in [5.74, 6) is -0.789. The smallest absolute Gasteiger partial charge is 0.303 e. The van der Waals surface area contributed by atoms with Crippen molar-refractivity contribution >= 4 is 14.4 Å². The lowest BCUT2D eigenvalue weighted by Crippen LogP contribution is -2.17. The largest absolute Gasteiger partial charge is 0.481 e. The molecular weight excluding hydrogens is 163 g/mol. The lowest BCUT2D eigenvalue weighted by molar-refractivity contribution is -0.137. The fourth-order valence-electron chi connectivity index (χ4n) is 0.822. The zero-order valence-corrected chi connectivity index (χ0v) is 8.06. The van der Waals surface area contributed by atoms with Crippen molar-refractivity contribution in [3.8, 4) is 0 Å². The normalized spacial score (nSPS) is 11.5. The molecule has 1 N–H and O–H groups in total. The summed E-state index contributed by atoms with van der Waals surface area (Å²) in [6.45, 7) is 3.29. The minimum absolute atomic E-state index is 0.171. The van der Waals surface area contributed by atoms with Crippen molar-refractivity contribution in [2.24, 2.45) is 0 Å². The maximum absolute atomic E-state index is 12.9. The molecule has 0 aliphatic rings. The van der Waals surface area contributed by atoms with Crippen LogP contribution in [0.3, 0.4) is 0 Å². The predicted molar refractivity (Wildman–Crippen MR) is 44.9 cm³/mol. The number of hydrogen-bond acceptors (Lipinski definition) is 1. The van der Waals surface area contributed by atoms with Gasteiger partial charge in [0, 0.05) is 6.42 Å². The van der Waals surface area contributed by atoms with Crippen LogP contribution < -0.4 is 0 Å². The Kier molecular flexibility index (Phi) is 4.33. The second-order valence-corrected chi connectivity index (χ2v) is 7.26. The van der Waals surface area contributed by atoms with Crippen LogP contribution in [0.4, 0.5) is 4.11 Å². The van der Waals surface area contributed by atoms with Crippen molar-refractivity contribution in [3.05, 3.63) is 0 Å². The van der Waals surface area contributed by atoms with Crippen LogP contribution in [-0.2, 0) is 4.79 Å². The Labute approximate surface area is 67.6 Å². The lowest BCUT2D eigenvalue weighted by Gasteiger charge is -2.08. The van der Waals surface area contributed by atoms with E-state index in [4.69, 9.17) is 5.11 Å². The molecule has 0 heterocycles. The summed E-state index contributed by atoms with van der Waals surface area (Å²) in [5, 5.41) is 8.26. The number of rotatable bonds is 5. The number of carbonyl (C=O) groups is 1. The van der Waals surface area contributed by atoms with Crippen molar-refractivity contribution in [2.45, 2.75) is 38.4 Å². The molecule has 0 radical (unpaired) electrons. The van der Waals surface area contributed by atoms with Gasteiger partial charge in [0.15, 0.2) is 0 Å². The molecule has 66 valence electrons. The molecule has 0 amide bonds. The summed E-state index contributed by atoms with van der Waals surface area (Å²) in [7, 11) is -2.42. The van der Waals surface area contributed by atoms with Crippen LogP contribution in [0, 0.1) is 0 Å². The Balaban J connectivity index is 3.22. The van der Waals surface area contributed by atoms with E-state index in [-0.39, 0.29) is 6.42 Å². The zero-order chi connectivity index (χ0) is 8.91. The summed E-state index contributed by atoms with van der Waals surface area (Å²) in [5.41, 5.74) is 0. The Hall–Kier alpha value is -0.383. The van der Waals surface area contributed by atoms with E-state index in [1.807, 2.05) is 0 Å². The SMILES string of the molecule is C[Si](C)(F)CCCCC(=O)O. The highest BCUT2D eigenvalue weighted by Gasteiger charge is 2.18. The molecule has 0 aliphatic heterocycles. The Morgan fingerprint density at radius 2 is 2.00 bits per heavy atom. The van der Waals surface area contributed by atoms with Crippen LogP contribution in [0.2, 0.25) is 19.1 Å². The summed E-state index contributed by atoms with van der Waals surface area (Å²) in [6, 6.07) is 0.584. The summed E-state index contributed by atoms with van der Waals surface area (Å²) < 4.78 is 12.9. The molecule has 0 fully saturated rings. The maximum atomic E-state index is 12.9. The molecule has 0 saturated carbocycles. The molecule has 2 nitrogen and oxygen atoms in total. The number of halogens is 1. The van der Waals surface area contributed by atoms with Crippen molar-refractivity contribution in [1.29, 1.82) is 0 Å². The number of aliphatic carboxylic acids is 1. The van der Waals surface area contributed by atoms with Crippen LogP contribution in [0.25, 0.3) is 0 Å². The first-order chi connectivity index (χ1) is 4.92. The third kappa shape index (κ3) is 9.62. The van der Waals surface area contributed by atoms with Gasteiger partial charge in [0.1, 0.15) is 0 Å². The number of carboxylic acid groups (broad SMARTS) is 1. The molecule has 0 unspecified atom stereocenters. The van der Waals surface area contributed by atoms with Crippen molar-refractivity contribution in [3.63, 3.8) is 0 Å². The number of carboxylic acids is 1. The van der Waals surface area contributed by atoms with Gasteiger partial charge in [-0.15, -0.1) is 0 Å². The van der Waals surface area contributed by atoms with Crippen molar-refractivity contribution < 1.29 is 14.0 Å². The molecule has 0 spiro atoms. The Bertz CT molecular complexity index is 131. The predicted octanol–water partition coefficient (Wildman–Crippen LogP) is 2.42. The average Bonchev–Trinajstić information content (AvgIpc) is 1.78. The van der Waals surface area contributed by atoms with Gasteiger partial charge in [-0.05, 0) is 25.6 Å². The first kappa shape index (κ1) is 10.6. The maximum Gasteiger partial charge on any atom is 0.303 e. The third-order valence-corrected chi connectivity index (χ3v) is 2.95. The standard InChI is InChI=1S/C7H15FO2Si/c1-11(2,8)6-4-3-5-7(9)10/h3-6H2,1-2H3,(H,9,10). The third-order valence-electron chi connectivity index (χ3n) is 1.41. The van der Waals surface area contributed by atoms with E-state index < -0.39 is 14.4 Å². The van der Waals surface area contributed by atoms with Crippen molar-refractivity contribution in [1.82, 2.24) is 0 Å². The van der Waals surface area contributed by atoms with Gasteiger partial charge >= 0.3 is 5.97 Å². The van der Waals surface area contributed by atoms with Gasteiger partial charge in [-0.25, -0.2) is 0 Å². The van der Waals surface area contributed by atoms with Crippen LogP contribution in [0.5, 0.6) is 0 Å². The zero-order valence-electron chi connectivity index (χ0n) is 7.06. The molecule has 0 aliphatic carbocycles. The van der Waals surface area contributed by atoms with Gasteiger partial charge in [-0.1, -0.05) is 6.42 Å². The van der Waals surface area contributed by atoms with Gasteiger partial charge in [0.25, 0.3) is 0 Å². The van der Waals surface area contributed by atoms with Gasteiger partial charge in [0.05, 0.1) is 0 Å². The summed E-state index contributed by atoms with van der Waals surface area (Å²) in [4.78, 5) is 10.0. The van der Waals surface area contributed by atoms with E-state index in [0.717, 1.165) is 0 Å². The molecule has 0 saturated heterocycles. The van der Waals surface area contributed by atoms with E-state index in [1.165, 1.54) is 0 Å². The number of unbranched alkanes of at least 4 members (excludes halogenated alkanes) is 1. The van der Waals surface area contributed by atoms with Crippen LogP contribution in [-0.4, -0.2) is 19.5 Å². The van der Waals surface area contributed by atoms with Gasteiger partial charge in [0.2, 0.25) is 8.41 Å². The monoisotopic (exact) mass is 178 g/mol. The molecule has 0 aromatic carbocycles. The molecule has 11 heavy (non-hydrogen) atoms. The highest BCUT2D eigenvalue weighted by atomic mass is 28.4. The molecule has 0 atom stereocenters. The fourth-order valence-corrected chi connectivity index (χ4v) is 1.91. The quantitative estimate of drug-likeness (QED) is 0.399. The Morgan fingerprint density at radius 3 is 2.36 bits per heavy atom. The highest BCUT2D eigenvalue weighted by molar-refractivity contribution is 6.70. The van der Waals surface area contributed by atoms with Crippen LogP contribution in [0.15, 0.2) is 0 Å². The van der Waals surface area contributed by atoms with Gasteiger partial charge in [-0.2, -0.15) is 0 Å². The lowest BCUT2D eigenvalue weighted by atomic mass is 10.2. The topological polar surface area (TPSA) is 37.3 Å². The Morgan fingerprint density at radius 1 is 1.45 bits per heavy atom. The molecule has 4 heteroatoms. The fraction of sp³-hybridized carbons (Fsp3) is 0.857. The van der Waals surface area contributed by atoms with Gasteiger partial charge in [-0.3, -0.25) is 4.79 Å². The van der Waals surface area contributed by atoms with E-state index in [2.05, 4.69) is 0 Å². The van der Waals surface area contributed by atoms with Crippen LogP contribution in [0.1, 0.15) is 19.3 Å². The van der Waals surface area contributed by atoms with Crippen LogP contribution >= 0.6 is 0 Å². The molecule has 0 aromatic rings. The molecular formula is C7H15FO2Si. The van der Waals surface area contributed by atoms with Crippen molar-refractivity contribution in [2.75, 3.05) is 0 Å². The average molecular weight is 178 g/mol. The molecule has 0 aromatic heterocycles. The minimum Gasteiger partial charge on any atom is -0.481 e. The van der Waals surface area contributed by atoms with E-state index in [1.54, 1.807) is 13.1 Å². The first-order valence-corrected chi connectivity index (χ1v) is 6.91. The summed E-state index contributed by atoms with van der Waals surface area (Å²) in [6.07, 6.45) is 1.49. The number of hydrogen-bond donors (Lipinski definition) is 1. The first-order valence-electron chi connectivity index (χ1n) is 3.82. The summed E-state index contributed by atoms with van der Waals surface area (Å²) >= 11 is 0. The second-order valence-electron chi connectivity index (χ2n) is 3.32. The van der Waals surface area contributed by atoms with E-state index in [9.17, 15) is 8.90 Å². The van der Waals surface area contributed by atoms with E-state index >= 15 is 0 Å². The second kappa shape index (κ2) is 4.49.